The smallest absolute Gasteiger partial charge is 0.224 e. The fourth-order valence-electron chi connectivity index (χ4n) is 1.47. The lowest BCUT2D eigenvalue weighted by molar-refractivity contribution is -0.116. The number of rotatable bonds is 8. The normalized spacial score (nSPS) is 9.68. The van der Waals surface area contributed by atoms with E-state index in [-0.39, 0.29) is 12.5 Å². The first-order valence-corrected chi connectivity index (χ1v) is 6.27. The first-order valence-electron chi connectivity index (χ1n) is 6.27. The van der Waals surface area contributed by atoms with Crippen molar-refractivity contribution in [3.05, 3.63) is 24.3 Å². The zero-order valence-electron chi connectivity index (χ0n) is 10.8. The fourth-order valence-corrected chi connectivity index (χ4v) is 1.47. The molecule has 102 valence electrons. The molecule has 1 aromatic rings. The summed E-state index contributed by atoms with van der Waals surface area (Å²) in [6, 6.07) is 9.16. The first-order chi connectivity index (χ1) is 9.26. The Morgan fingerprint density at radius 1 is 1.42 bits per heavy atom. The molecule has 0 unspecified atom stereocenters. The predicted molar refractivity (Wildman–Crippen MR) is 71.7 cm³/mol. The van der Waals surface area contributed by atoms with Crippen LogP contribution in [0.4, 0.5) is 5.69 Å². The molecule has 0 saturated carbocycles. The Hall–Kier alpha value is -2.06. The number of ether oxygens (including phenoxy) is 1. The van der Waals surface area contributed by atoms with Gasteiger partial charge in [-0.15, -0.1) is 0 Å². The van der Waals surface area contributed by atoms with Gasteiger partial charge < -0.3 is 15.2 Å². The van der Waals surface area contributed by atoms with Crippen molar-refractivity contribution >= 4 is 11.6 Å². The Morgan fingerprint density at radius 2 is 2.26 bits per heavy atom. The van der Waals surface area contributed by atoms with E-state index in [1.165, 1.54) is 0 Å². The van der Waals surface area contributed by atoms with E-state index in [1.807, 2.05) is 0 Å². The number of nitrogens with zero attached hydrogens (tertiary/aromatic N) is 1. The molecule has 5 nitrogen and oxygen atoms in total. The number of hydrogen-bond donors (Lipinski definition) is 2. The van der Waals surface area contributed by atoms with E-state index in [1.54, 1.807) is 24.3 Å². The number of carbonyl (C=O) groups is 1. The quantitative estimate of drug-likeness (QED) is 0.703. The van der Waals surface area contributed by atoms with Crippen LogP contribution in [0.2, 0.25) is 0 Å². The Bertz CT molecular complexity index is 441. The van der Waals surface area contributed by atoms with Crippen LogP contribution < -0.4 is 10.1 Å². The van der Waals surface area contributed by atoms with Crippen LogP contribution in [0.1, 0.15) is 25.7 Å². The standard InChI is InChI=1S/C14H18N2O3/c15-8-1-2-10-19-13-6-3-5-12(11-13)16-14(18)7-4-9-17/h3,5-6,11,17H,1-2,4,7,9-10H2,(H,16,18). The van der Waals surface area contributed by atoms with Gasteiger partial charge in [0.1, 0.15) is 5.75 Å². The van der Waals surface area contributed by atoms with Crippen LogP contribution in [0.5, 0.6) is 5.75 Å². The molecular formula is C14H18N2O3. The molecule has 0 aliphatic rings. The van der Waals surface area contributed by atoms with Crippen molar-refractivity contribution in [3.8, 4) is 11.8 Å². The van der Waals surface area contributed by atoms with Gasteiger partial charge in [-0.25, -0.2) is 0 Å². The number of aliphatic hydroxyl groups is 1. The van der Waals surface area contributed by atoms with Crippen LogP contribution in [0.25, 0.3) is 0 Å². The van der Waals surface area contributed by atoms with Crippen LogP contribution >= 0.6 is 0 Å². The minimum atomic E-state index is -0.129. The molecule has 0 saturated heterocycles. The average Bonchev–Trinajstić information content (AvgIpc) is 2.42. The van der Waals surface area contributed by atoms with Gasteiger partial charge in [-0.05, 0) is 25.0 Å². The molecular weight excluding hydrogens is 244 g/mol. The number of amides is 1. The third kappa shape index (κ3) is 6.43. The highest BCUT2D eigenvalue weighted by Crippen LogP contribution is 2.17. The molecule has 1 rings (SSSR count). The molecule has 0 heterocycles. The van der Waals surface area contributed by atoms with Gasteiger partial charge in [0.25, 0.3) is 0 Å². The number of carbonyl (C=O) groups excluding carboxylic acids is 1. The number of nitrogens with one attached hydrogen (secondary N) is 1. The minimum absolute atomic E-state index is 0.00939. The summed E-state index contributed by atoms with van der Waals surface area (Å²) in [4.78, 5) is 11.5. The van der Waals surface area contributed by atoms with Crippen LogP contribution in [0.3, 0.4) is 0 Å². The maximum atomic E-state index is 11.5. The third-order valence-corrected chi connectivity index (χ3v) is 2.38. The second-order valence-electron chi connectivity index (χ2n) is 4.01. The van der Waals surface area contributed by atoms with Crippen LogP contribution in [-0.2, 0) is 4.79 Å². The zero-order chi connectivity index (χ0) is 13.9. The maximum absolute atomic E-state index is 11.5. The largest absolute Gasteiger partial charge is 0.493 e. The molecule has 1 aromatic carbocycles. The zero-order valence-corrected chi connectivity index (χ0v) is 10.8. The highest BCUT2D eigenvalue weighted by atomic mass is 16.5. The van der Waals surface area contributed by atoms with Crippen molar-refractivity contribution in [1.29, 1.82) is 5.26 Å². The monoisotopic (exact) mass is 262 g/mol. The summed E-state index contributed by atoms with van der Waals surface area (Å²) in [5, 5.41) is 19.8. The van der Waals surface area contributed by atoms with Gasteiger partial charge in [0.15, 0.2) is 0 Å². The van der Waals surface area contributed by atoms with Gasteiger partial charge in [-0.1, -0.05) is 6.07 Å². The number of benzene rings is 1. The van der Waals surface area contributed by atoms with E-state index in [2.05, 4.69) is 11.4 Å². The van der Waals surface area contributed by atoms with E-state index in [0.29, 0.717) is 43.7 Å². The molecule has 5 heteroatoms. The minimum Gasteiger partial charge on any atom is -0.493 e. The number of hydrogen-bond acceptors (Lipinski definition) is 4. The second kappa shape index (κ2) is 8.95. The Morgan fingerprint density at radius 3 is 3.00 bits per heavy atom. The molecule has 0 radical (unpaired) electrons. The van der Waals surface area contributed by atoms with Crippen molar-refractivity contribution in [3.63, 3.8) is 0 Å². The van der Waals surface area contributed by atoms with Crippen LogP contribution in [0, 0.1) is 11.3 Å². The van der Waals surface area contributed by atoms with Gasteiger partial charge >= 0.3 is 0 Å². The van der Waals surface area contributed by atoms with E-state index in [9.17, 15) is 4.79 Å². The Labute approximate surface area is 112 Å². The number of anilines is 1. The SMILES string of the molecule is N#CCCCOc1cccc(NC(=O)CCCO)c1. The molecule has 0 spiro atoms. The lowest BCUT2D eigenvalue weighted by atomic mass is 10.2. The lowest BCUT2D eigenvalue weighted by Crippen LogP contribution is -2.11. The number of nitriles is 1. The second-order valence-corrected chi connectivity index (χ2v) is 4.01. The van der Waals surface area contributed by atoms with Crippen molar-refractivity contribution in [1.82, 2.24) is 0 Å². The molecule has 2 N–H and O–H groups in total. The Kier molecular flexibility index (Phi) is 7.06. The molecule has 0 fully saturated rings. The Balaban J connectivity index is 2.43. The molecule has 19 heavy (non-hydrogen) atoms. The third-order valence-electron chi connectivity index (χ3n) is 2.38. The van der Waals surface area contributed by atoms with Crippen LogP contribution in [-0.4, -0.2) is 24.2 Å². The number of aliphatic hydroxyl groups excluding tert-OH is 1. The number of unbranched alkanes of at least 4 members (excludes halogenated alkanes) is 1. The fraction of sp³-hybridized carbons (Fsp3) is 0.429. The predicted octanol–water partition coefficient (Wildman–Crippen LogP) is 2.08. The van der Waals surface area contributed by atoms with Gasteiger partial charge in [-0.2, -0.15) is 5.26 Å². The van der Waals surface area contributed by atoms with Gasteiger partial charge in [-0.3, -0.25) is 4.79 Å². The summed E-state index contributed by atoms with van der Waals surface area (Å²) < 4.78 is 5.47. The highest BCUT2D eigenvalue weighted by molar-refractivity contribution is 5.90. The maximum Gasteiger partial charge on any atom is 0.224 e. The molecule has 0 atom stereocenters. The topological polar surface area (TPSA) is 82.3 Å². The molecule has 1 amide bonds. The van der Waals surface area contributed by atoms with Crippen molar-refractivity contribution in [2.24, 2.45) is 0 Å². The summed E-state index contributed by atoms with van der Waals surface area (Å²) in [6.45, 7) is 0.491. The molecule has 0 aliphatic heterocycles. The van der Waals surface area contributed by atoms with Crippen LogP contribution in [0.15, 0.2) is 24.3 Å². The van der Waals surface area contributed by atoms with E-state index in [0.717, 1.165) is 0 Å². The summed E-state index contributed by atoms with van der Waals surface area (Å²) in [7, 11) is 0. The van der Waals surface area contributed by atoms with Gasteiger partial charge in [0, 0.05) is 31.2 Å². The first kappa shape index (κ1) is 15.0. The van der Waals surface area contributed by atoms with E-state index in [4.69, 9.17) is 15.1 Å². The van der Waals surface area contributed by atoms with Crippen molar-refractivity contribution in [2.45, 2.75) is 25.7 Å². The summed E-state index contributed by atoms with van der Waals surface area (Å²) in [5.41, 5.74) is 0.667. The van der Waals surface area contributed by atoms with E-state index < -0.39 is 0 Å². The van der Waals surface area contributed by atoms with E-state index >= 15 is 0 Å². The summed E-state index contributed by atoms with van der Waals surface area (Å²) in [6.07, 6.45) is 1.90. The van der Waals surface area contributed by atoms with Crippen molar-refractivity contribution < 1.29 is 14.6 Å². The lowest BCUT2D eigenvalue weighted by Gasteiger charge is -2.08. The average molecular weight is 262 g/mol. The van der Waals surface area contributed by atoms with Gasteiger partial charge in [0.2, 0.25) is 5.91 Å². The molecule has 0 aromatic heterocycles. The molecule has 0 bridgehead atoms. The molecule has 0 aliphatic carbocycles. The summed E-state index contributed by atoms with van der Waals surface area (Å²) in [5.74, 6) is 0.536. The van der Waals surface area contributed by atoms with Crippen molar-refractivity contribution in [2.75, 3.05) is 18.5 Å². The highest BCUT2D eigenvalue weighted by Gasteiger charge is 2.03. The van der Waals surface area contributed by atoms with Gasteiger partial charge in [0.05, 0.1) is 12.7 Å². The summed E-state index contributed by atoms with van der Waals surface area (Å²) >= 11 is 0.